The van der Waals surface area contributed by atoms with E-state index >= 15 is 0 Å². The highest BCUT2D eigenvalue weighted by atomic mass is 16.6. The first-order chi connectivity index (χ1) is 14.8. The first-order valence-corrected chi connectivity index (χ1v) is 9.94. The number of carbonyl (C=O) groups is 5. The van der Waals surface area contributed by atoms with E-state index in [0.717, 1.165) is 11.8 Å². The minimum atomic E-state index is -2.05. The van der Waals surface area contributed by atoms with Crippen molar-refractivity contribution in [2.24, 2.45) is 0 Å². The fourth-order valence-electron chi connectivity index (χ4n) is 3.19. The first-order valence-electron chi connectivity index (χ1n) is 9.94. The van der Waals surface area contributed by atoms with E-state index in [1.165, 1.54) is 0 Å². The molecule has 0 fully saturated rings. The minimum absolute atomic E-state index is 0.000171. The smallest absolute Gasteiger partial charge is 0.343 e. The molecule has 10 heteroatoms. The maximum Gasteiger partial charge on any atom is 0.343 e. The van der Waals surface area contributed by atoms with Crippen molar-refractivity contribution in [2.75, 3.05) is 33.0 Å². The molecule has 1 aromatic rings. The van der Waals surface area contributed by atoms with Crippen LogP contribution in [0.1, 0.15) is 47.9 Å². The summed E-state index contributed by atoms with van der Waals surface area (Å²) in [7, 11) is 0. The second-order valence-electron chi connectivity index (χ2n) is 6.70. The molecular formula is C21H26N2O8. The highest BCUT2D eigenvalue weighted by molar-refractivity contribution is 6.21. The number of hydrogen-bond donors (Lipinski definition) is 1. The Morgan fingerprint density at radius 3 is 1.90 bits per heavy atom. The van der Waals surface area contributed by atoms with Crippen molar-refractivity contribution < 1.29 is 38.2 Å². The molecule has 0 bridgehead atoms. The number of rotatable bonds is 11. The van der Waals surface area contributed by atoms with Crippen molar-refractivity contribution in [1.29, 1.82) is 0 Å². The molecule has 3 amide bonds. The zero-order valence-electron chi connectivity index (χ0n) is 17.8. The predicted octanol–water partition coefficient (Wildman–Crippen LogP) is 0.690. The summed E-state index contributed by atoms with van der Waals surface area (Å²) in [6.45, 7) is 4.14. The topological polar surface area (TPSA) is 128 Å². The molecule has 0 radical (unpaired) electrons. The van der Waals surface area contributed by atoms with Crippen molar-refractivity contribution in [3.05, 3.63) is 35.4 Å². The van der Waals surface area contributed by atoms with Gasteiger partial charge in [-0.25, -0.2) is 9.59 Å². The monoisotopic (exact) mass is 434 g/mol. The number of benzene rings is 1. The standard InChI is InChI=1S/C21H26N2O8/c1-4-30-19(27)21(22-14(3)24,20(28)31-5-2)10-12-29-13-11-23-17(25)15-8-6-7-9-16(15)18(23)26/h6-9H,4-5,10-13H2,1-3H3,(H,22,24). The van der Waals surface area contributed by atoms with Gasteiger partial charge < -0.3 is 19.5 Å². The lowest BCUT2D eigenvalue weighted by atomic mass is 9.95. The molecule has 0 unspecified atom stereocenters. The van der Waals surface area contributed by atoms with Gasteiger partial charge in [-0.05, 0) is 26.0 Å². The van der Waals surface area contributed by atoms with Crippen LogP contribution < -0.4 is 5.32 Å². The fourth-order valence-corrected chi connectivity index (χ4v) is 3.19. The molecule has 31 heavy (non-hydrogen) atoms. The second-order valence-corrected chi connectivity index (χ2v) is 6.70. The van der Waals surface area contributed by atoms with E-state index < -0.39 is 35.2 Å². The van der Waals surface area contributed by atoms with Crippen LogP contribution in [0.5, 0.6) is 0 Å². The van der Waals surface area contributed by atoms with Gasteiger partial charge in [-0.2, -0.15) is 0 Å². The number of carbonyl (C=O) groups excluding carboxylic acids is 5. The van der Waals surface area contributed by atoms with E-state index in [0.29, 0.717) is 11.1 Å². The zero-order valence-corrected chi connectivity index (χ0v) is 17.8. The Bertz CT molecular complexity index is 814. The van der Waals surface area contributed by atoms with E-state index in [4.69, 9.17) is 14.2 Å². The number of ether oxygens (including phenoxy) is 3. The van der Waals surface area contributed by atoms with Gasteiger partial charge in [-0.1, -0.05) is 12.1 Å². The lowest BCUT2D eigenvalue weighted by Crippen LogP contribution is -2.61. The summed E-state index contributed by atoms with van der Waals surface area (Å²) in [5.41, 5.74) is -1.38. The van der Waals surface area contributed by atoms with Crippen LogP contribution in [0.2, 0.25) is 0 Å². The molecule has 1 aliphatic rings. The van der Waals surface area contributed by atoms with E-state index in [-0.39, 0.29) is 39.4 Å². The van der Waals surface area contributed by atoms with Crippen LogP contribution in [0.4, 0.5) is 0 Å². The van der Waals surface area contributed by atoms with Gasteiger partial charge in [0.05, 0.1) is 44.1 Å². The van der Waals surface area contributed by atoms with Gasteiger partial charge in [0.15, 0.2) is 0 Å². The Hall–Kier alpha value is -3.27. The third-order valence-electron chi connectivity index (χ3n) is 4.60. The van der Waals surface area contributed by atoms with Crippen LogP contribution >= 0.6 is 0 Å². The van der Waals surface area contributed by atoms with Crippen molar-refractivity contribution in [2.45, 2.75) is 32.7 Å². The van der Waals surface area contributed by atoms with Gasteiger partial charge in [-0.3, -0.25) is 19.3 Å². The summed E-state index contributed by atoms with van der Waals surface area (Å²) in [5, 5.41) is 2.33. The molecule has 0 aliphatic carbocycles. The molecule has 0 saturated heterocycles. The van der Waals surface area contributed by atoms with Crippen LogP contribution in [-0.2, 0) is 28.6 Å². The Kier molecular flexibility index (Phi) is 8.26. The van der Waals surface area contributed by atoms with Crippen molar-refractivity contribution in [3.63, 3.8) is 0 Å². The predicted molar refractivity (Wildman–Crippen MR) is 107 cm³/mol. The lowest BCUT2D eigenvalue weighted by molar-refractivity contribution is -0.169. The Labute approximate surface area is 179 Å². The molecule has 168 valence electrons. The molecule has 1 aromatic carbocycles. The number of amides is 3. The number of esters is 2. The molecule has 0 saturated carbocycles. The molecule has 1 aliphatic heterocycles. The number of imide groups is 1. The number of fused-ring (bicyclic) bond motifs is 1. The van der Waals surface area contributed by atoms with E-state index in [2.05, 4.69) is 5.32 Å². The second kappa shape index (κ2) is 10.7. The SMILES string of the molecule is CCOC(=O)C(CCOCCN1C(=O)c2ccccc2C1=O)(NC(C)=O)C(=O)OCC. The van der Waals surface area contributed by atoms with Crippen LogP contribution in [0.3, 0.4) is 0 Å². The quantitative estimate of drug-likeness (QED) is 0.233. The summed E-state index contributed by atoms with van der Waals surface area (Å²) in [6, 6.07) is 6.51. The maximum atomic E-state index is 12.5. The largest absolute Gasteiger partial charge is 0.464 e. The van der Waals surface area contributed by atoms with Crippen LogP contribution in [-0.4, -0.2) is 73.1 Å². The molecule has 0 aromatic heterocycles. The summed E-state index contributed by atoms with van der Waals surface area (Å²) < 4.78 is 15.4. The summed E-state index contributed by atoms with van der Waals surface area (Å²) in [5.74, 6) is -3.34. The van der Waals surface area contributed by atoms with E-state index in [1.807, 2.05) is 0 Å². The maximum absolute atomic E-state index is 12.5. The Morgan fingerprint density at radius 1 is 0.935 bits per heavy atom. The summed E-state index contributed by atoms with van der Waals surface area (Å²) in [4.78, 5) is 62.5. The molecule has 2 rings (SSSR count). The van der Waals surface area contributed by atoms with Gasteiger partial charge in [0, 0.05) is 13.3 Å². The van der Waals surface area contributed by atoms with Gasteiger partial charge in [0.25, 0.3) is 11.8 Å². The van der Waals surface area contributed by atoms with Crippen LogP contribution in [0.15, 0.2) is 24.3 Å². The summed E-state index contributed by atoms with van der Waals surface area (Å²) in [6.07, 6.45) is -0.244. The zero-order chi connectivity index (χ0) is 23.0. The van der Waals surface area contributed by atoms with Gasteiger partial charge in [0.2, 0.25) is 11.4 Å². The lowest BCUT2D eigenvalue weighted by Gasteiger charge is -2.29. The average molecular weight is 434 g/mol. The van der Waals surface area contributed by atoms with E-state index in [9.17, 15) is 24.0 Å². The van der Waals surface area contributed by atoms with Crippen molar-refractivity contribution in [1.82, 2.24) is 10.2 Å². The molecule has 1 N–H and O–H groups in total. The normalized spacial score (nSPS) is 13.1. The van der Waals surface area contributed by atoms with Crippen LogP contribution in [0, 0.1) is 0 Å². The molecule has 10 nitrogen and oxygen atoms in total. The van der Waals surface area contributed by atoms with Crippen molar-refractivity contribution in [3.8, 4) is 0 Å². The molecule has 1 heterocycles. The average Bonchev–Trinajstić information content (AvgIpc) is 2.97. The van der Waals surface area contributed by atoms with Crippen LogP contribution in [0.25, 0.3) is 0 Å². The van der Waals surface area contributed by atoms with Gasteiger partial charge in [-0.15, -0.1) is 0 Å². The van der Waals surface area contributed by atoms with Gasteiger partial charge in [0.1, 0.15) is 0 Å². The highest BCUT2D eigenvalue weighted by Crippen LogP contribution is 2.22. The van der Waals surface area contributed by atoms with E-state index in [1.54, 1.807) is 38.1 Å². The number of hydrogen-bond acceptors (Lipinski definition) is 8. The fraction of sp³-hybridized carbons (Fsp3) is 0.476. The summed E-state index contributed by atoms with van der Waals surface area (Å²) >= 11 is 0. The third kappa shape index (κ3) is 5.26. The number of nitrogens with zero attached hydrogens (tertiary/aromatic N) is 1. The first kappa shape index (κ1) is 24.0. The van der Waals surface area contributed by atoms with Gasteiger partial charge >= 0.3 is 11.9 Å². The third-order valence-corrected chi connectivity index (χ3v) is 4.60. The minimum Gasteiger partial charge on any atom is -0.464 e. The Morgan fingerprint density at radius 2 is 1.45 bits per heavy atom. The highest BCUT2D eigenvalue weighted by Gasteiger charge is 2.49. The number of nitrogens with one attached hydrogen (secondary N) is 1. The molecule has 0 atom stereocenters. The Balaban J connectivity index is 2.00. The molecule has 0 spiro atoms. The molecular weight excluding hydrogens is 408 g/mol. The van der Waals surface area contributed by atoms with Crippen molar-refractivity contribution >= 4 is 29.7 Å².